The maximum atomic E-state index is 12.4. The highest BCUT2D eigenvalue weighted by Crippen LogP contribution is 2.25. The van der Waals surface area contributed by atoms with Crippen molar-refractivity contribution in [3.63, 3.8) is 0 Å². The molecule has 0 saturated heterocycles. The van der Waals surface area contributed by atoms with Gasteiger partial charge in [-0.05, 0) is 12.1 Å². The molecule has 0 fully saturated rings. The van der Waals surface area contributed by atoms with E-state index in [1.54, 1.807) is 18.2 Å². The molecule has 4 aromatic rings. The summed E-state index contributed by atoms with van der Waals surface area (Å²) in [6.45, 7) is -0.801. The number of aromatic nitrogens is 4. The Hall–Kier alpha value is -3.80. The summed E-state index contributed by atoms with van der Waals surface area (Å²) in [6.07, 6.45) is -2.34. The van der Waals surface area contributed by atoms with Crippen molar-refractivity contribution in [1.82, 2.24) is 20.2 Å². The Labute approximate surface area is 156 Å². The Kier molecular flexibility index (Phi) is 4.45. The summed E-state index contributed by atoms with van der Waals surface area (Å²) in [7, 11) is 0. The Balaban J connectivity index is 1.72. The molecule has 0 spiro atoms. The fourth-order valence-electron chi connectivity index (χ4n) is 3.00. The molecule has 0 unspecified atom stereocenters. The van der Waals surface area contributed by atoms with Gasteiger partial charge in [0.05, 0.1) is 34.1 Å². The van der Waals surface area contributed by atoms with Crippen LogP contribution in [0.1, 0.15) is 17.1 Å². The molecule has 0 aliphatic heterocycles. The third-order valence-corrected chi connectivity index (χ3v) is 4.23. The molecule has 7 nitrogen and oxygen atoms in total. The lowest BCUT2D eigenvalue weighted by Gasteiger charge is -2.06. The van der Waals surface area contributed by atoms with E-state index in [1.165, 1.54) is 12.1 Å². The van der Waals surface area contributed by atoms with Crippen LogP contribution in [-0.4, -0.2) is 33.2 Å². The number of nitrogens with zero attached hydrogens (tertiary/aromatic N) is 3. The molecular weight excluding hydrogens is 368 g/mol. The van der Waals surface area contributed by atoms with Gasteiger partial charge in [0.2, 0.25) is 0 Å². The molecule has 0 saturated carbocycles. The molecule has 140 valence electrons. The Morgan fingerprint density at radius 1 is 1.21 bits per heavy atom. The lowest BCUT2D eigenvalue weighted by molar-refractivity contribution is 0.0818. The molecule has 0 aliphatic rings. The average Bonchev–Trinajstić information content (AvgIpc) is 3.09. The van der Waals surface area contributed by atoms with Crippen molar-refractivity contribution >= 4 is 21.8 Å². The van der Waals surface area contributed by atoms with Crippen LogP contribution in [0.5, 0.6) is 5.75 Å². The lowest BCUT2D eigenvalue weighted by atomic mass is 10.1. The number of hydrogen-bond donors (Lipinski definition) is 2. The summed E-state index contributed by atoms with van der Waals surface area (Å²) in [6, 6.07) is 12.0. The van der Waals surface area contributed by atoms with Crippen LogP contribution >= 0.6 is 0 Å². The highest BCUT2D eigenvalue weighted by atomic mass is 19.3. The Morgan fingerprint density at radius 3 is 2.75 bits per heavy atom. The summed E-state index contributed by atoms with van der Waals surface area (Å²) in [5.41, 5.74) is 1.54. The molecule has 2 heterocycles. The number of aromatic amines is 2. The van der Waals surface area contributed by atoms with E-state index in [0.29, 0.717) is 39.7 Å². The second kappa shape index (κ2) is 7.08. The van der Waals surface area contributed by atoms with Crippen molar-refractivity contribution in [2.24, 2.45) is 0 Å². The van der Waals surface area contributed by atoms with Crippen LogP contribution in [0.15, 0.2) is 41.2 Å². The van der Waals surface area contributed by atoms with Crippen LogP contribution in [0.2, 0.25) is 0 Å². The predicted molar refractivity (Wildman–Crippen MR) is 97.5 cm³/mol. The zero-order chi connectivity index (χ0) is 19.7. The van der Waals surface area contributed by atoms with E-state index in [4.69, 9.17) is 4.74 Å². The van der Waals surface area contributed by atoms with Crippen molar-refractivity contribution in [2.75, 3.05) is 6.61 Å². The number of benzene rings is 2. The molecule has 2 aromatic heterocycles. The van der Waals surface area contributed by atoms with E-state index in [1.807, 2.05) is 12.1 Å². The second-order valence-corrected chi connectivity index (χ2v) is 6.08. The zero-order valence-corrected chi connectivity index (χ0v) is 14.4. The largest absolute Gasteiger partial charge is 0.486 e. The number of H-pyrrole nitrogens is 2. The van der Waals surface area contributed by atoms with Crippen LogP contribution in [0.4, 0.5) is 8.78 Å². The van der Waals surface area contributed by atoms with E-state index >= 15 is 0 Å². The van der Waals surface area contributed by atoms with Gasteiger partial charge in [0.25, 0.3) is 12.0 Å². The smallest absolute Gasteiger partial charge is 0.272 e. The first-order valence-corrected chi connectivity index (χ1v) is 8.35. The minimum Gasteiger partial charge on any atom is -0.486 e. The number of imidazole rings is 1. The number of rotatable bonds is 5. The van der Waals surface area contributed by atoms with E-state index in [0.717, 1.165) is 0 Å². The van der Waals surface area contributed by atoms with Gasteiger partial charge in [-0.3, -0.25) is 4.79 Å². The van der Waals surface area contributed by atoms with Gasteiger partial charge < -0.3 is 9.72 Å². The number of hydrogen-bond acceptors (Lipinski definition) is 5. The van der Waals surface area contributed by atoms with Crippen LogP contribution in [0.3, 0.4) is 0 Å². The minimum absolute atomic E-state index is 0.0564. The maximum absolute atomic E-state index is 12.4. The lowest BCUT2D eigenvalue weighted by Crippen LogP contribution is -2.11. The van der Waals surface area contributed by atoms with Gasteiger partial charge in [-0.15, -0.1) is 0 Å². The fourth-order valence-corrected chi connectivity index (χ4v) is 3.00. The van der Waals surface area contributed by atoms with Gasteiger partial charge in [-0.1, -0.05) is 18.2 Å². The number of nitrogens with one attached hydrogen (secondary N) is 2. The van der Waals surface area contributed by atoms with Crippen LogP contribution in [0.25, 0.3) is 21.8 Å². The first-order valence-electron chi connectivity index (χ1n) is 8.35. The Morgan fingerprint density at radius 2 is 2.00 bits per heavy atom. The van der Waals surface area contributed by atoms with Crippen LogP contribution < -0.4 is 10.3 Å². The summed E-state index contributed by atoms with van der Waals surface area (Å²) in [5, 5.41) is 17.1. The minimum atomic E-state index is -2.64. The standard InChI is InChI=1S/C19H13F2N5O2/c20-17(21)9-28-16-6-15-14(5-10(16)8-22)23-18(24-15)7-13-11-3-1-2-4-12(11)19(27)26-25-13/h1-6,17H,7,9H2,(H,23,24)(H,26,27). The first-order chi connectivity index (χ1) is 13.5. The summed E-state index contributed by atoms with van der Waals surface area (Å²) < 4.78 is 29.8. The highest BCUT2D eigenvalue weighted by Gasteiger charge is 2.14. The molecule has 0 atom stereocenters. The molecule has 0 amide bonds. The highest BCUT2D eigenvalue weighted by molar-refractivity contribution is 5.84. The number of nitriles is 1. The van der Waals surface area contributed by atoms with Gasteiger partial charge in [-0.2, -0.15) is 10.4 Å². The number of ether oxygens (including phenoxy) is 1. The second-order valence-electron chi connectivity index (χ2n) is 6.08. The first kappa shape index (κ1) is 17.6. The van der Waals surface area contributed by atoms with E-state index in [9.17, 15) is 18.8 Å². The molecular formula is C19H13F2N5O2. The van der Waals surface area contributed by atoms with Crippen LogP contribution in [0, 0.1) is 11.3 Å². The average molecular weight is 381 g/mol. The zero-order valence-electron chi connectivity index (χ0n) is 14.4. The third-order valence-electron chi connectivity index (χ3n) is 4.23. The van der Waals surface area contributed by atoms with Crippen molar-refractivity contribution in [3.05, 3.63) is 63.8 Å². The van der Waals surface area contributed by atoms with Gasteiger partial charge in [0.1, 0.15) is 24.3 Å². The van der Waals surface area contributed by atoms with E-state index in [2.05, 4.69) is 20.2 Å². The van der Waals surface area contributed by atoms with E-state index < -0.39 is 13.0 Å². The third kappa shape index (κ3) is 3.27. The summed E-state index contributed by atoms with van der Waals surface area (Å²) >= 11 is 0. The number of halogens is 2. The monoisotopic (exact) mass is 381 g/mol. The van der Waals surface area contributed by atoms with E-state index in [-0.39, 0.29) is 16.9 Å². The summed E-state index contributed by atoms with van der Waals surface area (Å²) in [4.78, 5) is 19.4. The SMILES string of the molecule is N#Cc1cc2[nH]c(Cc3n[nH]c(=O)c4ccccc34)nc2cc1OCC(F)F. The molecule has 0 bridgehead atoms. The molecule has 2 aromatic carbocycles. The van der Waals surface area contributed by atoms with Crippen molar-refractivity contribution in [3.8, 4) is 11.8 Å². The fraction of sp³-hybridized carbons (Fsp3) is 0.158. The molecule has 2 N–H and O–H groups in total. The van der Waals surface area contributed by atoms with Crippen molar-refractivity contribution in [1.29, 1.82) is 5.26 Å². The quantitative estimate of drug-likeness (QED) is 0.553. The van der Waals surface area contributed by atoms with Gasteiger partial charge in [0, 0.05) is 11.5 Å². The molecule has 4 rings (SSSR count). The maximum Gasteiger partial charge on any atom is 0.272 e. The van der Waals surface area contributed by atoms with Gasteiger partial charge in [0.15, 0.2) is 0 Å². The van der Waals surface area contributed by atoms with Crippen molar-refractivity contribution < 1.29 is 13.5 Å². The molecule has 0 radical (unpaired) electrons. The predicted octanol–water partition coefficient (Wildman–Crippen LogP) is 2.91. The molecule has 0 aliphatic carbocycles. The summed E-state index contributed by atoms with van der Waals surface area (Å²) in [5.74, 6) is 0.607. The Bertz CT molecular complexity index is 1270. The van der Waals surface area contributed by atoms with Crippen molar-refractivity contribution in [2.45, 2.75) is 12.8 Å². The molecule has 9 heteroatoms. The number of fused-ring (bicyclic) bond motifs is 2. The van der Waals surface area contributed by atoms with Gasteiger partial charge >= 0.3 is 0 Å². The van der Waals surface area contributed by atoms with Gasteiger partial charge in [-0.25, -0.2) is 18.9 Å². The van der Waals surface area contributed by atoms with Crippen LogP contribution in [-0.2, 0) is 6.42 Å². The normalized spacial score (nSPS) is 11.2. The number of alkyl halides is 2. The topological polar surface area (TPSA) is 107 Å². The molecule has 28 heavy (non-hydrogen) atoms.